The van der Waals surface area contributed by atoms with Gasteiger partial charge >= 0.3 is 5.97 Å². The van der Waals surface area contributed by atoms with Crippen LogP contribution < -0.4 is 10.1 Å². The Morgan fingerprint density at radius 3 is 1.96 bits per heavy atom. The standard InChI is InChI=1S/C26H33NO2.C23H30O3/c1-19(11-16-24-21(3)10-7-17-26(24,4)5)8-6-9-20(2)18-25(29)27-22-12-14-23(28)15-13-22;1-8-26-23(24)14-17(3)11-9-10-16(2)12-13-21-18(4)15-22(25-7)20(6)19(21)5/h6,8-9,11-16,18,28H,7,10,17H2,1-5H3,(H,27,29);9-15H,8H2,1-7H3/b9-6+,16-11+,19-8+,20-18+;11-9+,13-12+,16-10+,17-14+. The molecule has 0 fully saturated rings. The molecule has 0 bridgehead atoms. The van der Waals surface area contributed by atoms with Crippen molar-refractivity contribution in [1.29, 1.82) is 0 Å². The lowest BCUT2D eigenvalue weighted by Gasteiger charge is -2.32. The average molecular weight is 746 g/mol. The number of carbonyl (C=O) groups is 2. The molecule has 1 aliphatic rings. The molecule has 0 atom stereocenters. The van der Waals surface area contributed by atoms with Crippen LogP contribution in [0, 0.1) is 26.2 Å². The van der Waals surface area contributed by atoms with Crippen molar-refractivity contribution in [1.82, 2.24) is 0 Å². The molecule has 0 aliphatic heterocycles. The van der Waals surface area contributed by atoms with Gasteiger partial charge in [0.1, 0.15) is 11.5 Å². The third-order valence-electron chi connectivity index (χ3n) is 9.46. The molecule has 1 aliphatic carbocycles. The number of aromatic hydroxyl groups is 1. The summed E-state index contributed by atoms with van der Waals surface area (Å²) < 4.78 is 10.3. The van der Waals surface area contributed by atoms with Crippen molar-refractivity contribution < 1.29 is 24.2 Å². The van der Waals surface area contributed by atoms with Crippen molar-refractivity contribution in [3.63, 3.8) is 0 Å². The number of phenolic OH excluding ortho intramolecular Hbond substituents is 1. The van der Waals surface area contributed by atoms with E-state index >= 15 is 0 Å². The van der Waals surface area contributed by atoms with Crippen molar-refractivity contribution in [3.05, 3.63) is 153 Å². The molecule has 294 valence electrons. The second kappa shape index (κ2) is 22.8. The van der Waals surface area contributed by atoms with Gasteiger partial charge in [-0.25, -0.2) is 4.79 Å². The van der Waals surface area contributed by atoms with Gasteiger partial charge in [-0.15, -0.1) is 0 Å². The van der Waals surface area contributed by atoms with Crippen molar-refractivity contribution in [2.45, 2.75) is 95.4 Å². The van der Waals surface area contributed by atoms with E-state index in [9.17, 15) is 14.7 Å². The van der Waals surface area contributed by atoms with Crippen LogP contribution in [0.4, 0.5) is 5.69 Å². The number of hydrogen-bond acceptors (Lipinski definition) is 5. The molecule has 1 amide bonds. The number of carbonyl (C=O) groups excluding carboxylic acids is 2. The van der Waals surface area contributed by atoms with Gasteiger partial charge in [0.2, 0.25) is 5.91 Å². The van der Waals surface area contributed by atoms with Gasteiger partial charge in [0.05, 0.1) is 13.7 Å². The van der Waals surface area contributed by atoms with Crippen LogP contribution in [-0.4, -0.2) is 30.7 Å². The Labute approximate surface area is 331 Å². The predicted octanol–water partition coefficient (Wildman–Crippen LogP) is 12.5. The maximum absolute atomic E-state index is 12.1. The molecule has 0 heterocycles. The fourth-order valence-corrected chi connectivity index (χ4v) is 6.18. The van der Waals surface area contributed by atoms with Crippen LogP contribution in [0.15, 0.2) is 131 Å². The minimum Gasteiger partial charge on any atom is -0.508 e. The lowest BCUT2D eigenvalue weighted by molar-refractivity contribution is -0.137. The Kier molecular flexibility index (Phi) is 19.0. The number of ether oxygens (including phenoxy) is 2. The van der Waals surface area contributed by atoms with Crippen LogP contribution in [-0.2, 0) is 14.3 Å². The van der Waals surface area contributed by atoms with Gasteiger partial charge < -0.3 is 19.9 Å². The summed E-state index contributed by atoms with van der Waals surface area (Å²) >= 11 is 0. The first-order valence-corrected chi connectivity index (χ1v) is 19.0. The molecule has 0 unspecified atom stereocenters. The van der Waals surface area contributed by atoms with Gasteiger partial charge in [0.25, 0.3) is 0 Å². The second-order valence-electron chi connectivity index (χ2n) is 14.8. The number of hydrogen-bond donors (Lipinski definition) is 2. The van der Waals surface area contributed by atoms with Crippen LogP contribution in [0.5, 0.6) is 11.5 Å². The average Bonchev–Trinajstić information content (AvgIpc) is 3.10. The Hall–Kier alpha value is -5.36. The molecule has 2 N–H and O–H groups in total. The highest BCUT2D eigenvalue weighted by molar-refractivity contribution is 6.00. The number of rotatable bonds is 13. The first-order valence-electron chi connectivity index (χ1n) is 19.0. The summed E-state index contributed by atoms with van der Waals surface area (Å²) in [5.74, 6) is 0.597. The Morgan fingerprint density at radius 1 is 0.818 bits per heavy atom. The van der Waals surface area contributed by atoms with E-state index in [1.807, 2.05) is 51.2 Å². The lowest BCUT2D eigenvalue weighted by atomic mass is 9.72. The van der Waals surface area contributed by atoms with Crippen LogP contribution in [0.1, 0.15) is 96.9 Å². The number of anilines is 1. The summed E-state index contributed by atoms with van der Waals surface area (Å²) in [5.41, 5.74) is 12.7. The number of nitrogens with one attached hydrogen (secondary N) is 1. The zero-order valence-corrected chi connectivity index (χ0v) is 35.2. The number of aryl methyl sites for hydroxylation is 1. The topological polar surface area (TPSA) is 84.9 Å². The Balaban J connectivity index is 0.000000383. The zero-order valence-electron chi connectivity index (χ0n) is 35.2. The number of phenols is 1. The van der Waals surface area contributed by atoms with Crippen molar-refractivity contribution in [3.8, 4) is 11.5 Å². The van der Waals surface area contributed by atoms with Gasteiger partial charge in [0.15, 0.2) is 0 Å². The van der Waals surface area contributed by atoms with Crippen LogP contribution in [0.25, 0.3) is 6.08 Å². The minimum absolute atomic E-state index is 0.173. The van der Waals surface area contributed by atoms with E-state index in [4.69, 9.17) is 9.47 Å². The number of methoxy groups -OCH3 is 1. The van der Waals surface area contributed by atoms with Gasteiger partial charge in [-0.2, -0.15) is 0 Å². The summed E-state index contributed by atoms with van der Waals surface area (Å²) in [4.78, 5) is 23.4. The molecule has 55 heavy (non-hydrogen) atoms. The maximum atomic E-state index is 12.1. The summed E-state index contributed by atoms with van der Waals surface area (Å²) in [6, 6.07) is 8.48. The van der Waals surface area contributed by atoms with E-state index in [0.29, 0.717) is 12.3 Å². The van der Waals surface area contributed by atoms with E-state index in [0.717, 1.165) is 22.5 Å². The smallest absolute Gasteiger partial charge is 0.330 e. The largest absolute Gasteiger partial charge is 0.508 e. The summed E-state index contributed by atoms with van der Waals surface area (Å²) in [5, 5.41) is 12.1. The van der Waals surface area contributed by atoms with Crippen molar-refractivity contribution >= 4 is 23.6 Å². The van der Waals surface area contributed by atoms with E-state index in [-0.39, 0.29) is 23.0 Å². The minimum atomic E-state index is -0.309. The van der Waals surface area contributed by atoms with Crippen LogP contribution in [0.3, 0.4) is 0 Å². The van der Waals surface area contributed by atoms with Gasteiger partial charge in [0, 0.05) is 17.8 Å². The highest BCUT2D eigenvalue weighted by Gasteiger charge is 2.26. The van der Waals surface area contributed by atoms with E-state index < -0.39 is 0 Å². The van der Waals surface area contributed by atoms with E-state index in [2.05, 4.69) is 90.2 Å². The molecule has 3 rings (SSSR count). The quantitative estimate of drug-likeness (QED) is 0.0923. The monoisotopic (exact) mass is 745 g/mol. The van der Waals surface area contributed by atoms with Gasteiger partial charge in [-0.1, -0.05) is 91.3 Å². The van der Waals surface area contributed by atoms with Gasteiger partial charge in [-0.05, 0) is 156 Å². The van der Waals surface area contributed by atoms with Gasteiger partial charge in [-0.3, -0.25) is 4.79 Å². The number of esters is 1. The first kappa shape index (κ1) is 45.8. The predicted molar refractivity (Wildman–Crippen MR) is 232 cm³/mol. The Bertz CT molecular complexity index is 1920. The number of benzene rings is 2. The molecule has 2 aromatic rings. The zero-order chi connectivity index (χ0) is 41.1. The molecular formula is C49H63NO5. The van der Waals surface area contributed by atoms with Crippen LogP contribution >= 0.6 is 0 Å². The Morgan fingerprint density at radius 2 is 1.40 bits per heavy atom. The molecule has 6 heteroatoms. The molecule has 0 aromatic heterocycles. The summed E-state index contributed by atoms with van der Waals surface area (Å²) in [7, 11) is 1.70. The highest BCUT2D eigenvalue weighted by atomic mass is 16.5. The van der Waals surface area contributed by atoms with E-state index in [1.165, 1.54) is 64.3 Å². The fourth-order valence-electron chi connectivity index (χ4n) is 6.18. The van der Waals surface area contributed by atoms with Crippen LogP contribution in [0.2, 0.25) is 0 Å². The molecule has 0 spiro atoms. The normalized spacial score (nSPS) is 15.6. The summed E-state index contributed by atoms with van der Waals surface area (Å²) in [6.45, 7) is 23.3. The highest BCUT2D eigenvalue weighted by Crippen LogP contribution is 2.40. The molecule has 0 saturated carbocycles. The molecular weight excluding hydrogens is 683 g/mol. The first-order chi connectivity index (χ1) is 26.0. The SMILES string of the molecule is CC1=C(/C=C/C(C)=C/C=C/C(C)=C/C(=O)Nc2ccc(O)cc2)C(C)(C)CCC1.CCOC(=O)/C=C(C)/C=C/C=C(C)/C=C/c1c(C)cc(OC)c(C)c1C. The number of allylic oxidation sites excluding steroid dienone is 15. The third-order valence-corrected chi connectivity index (χ3v) is 9.46. The number of amides is 1. The maximum Gasteiger partial charge on any atom is 0.330 e. The molecule has 0 saturated heterocycles. The lowest BCUT2D eigenvalue weighted by Crippen LogP contribution is -2.19. The fraction of sp³-hybridized carbons (Fsp3) is 0.347. The third kappa shape index (κ3) is 16.3. The van der Waals surface area contributed by atoms with Crippen molar-refractivity contribution in [2.75, 3.05) is 19.0 Å². The second-order valence-corrected chi connectivity index (χ2v) is 14.8. The molecule has 0 radical (unpaired) electrons. The van der Waals surface area contributed by atoms with E-state index in [1.54, 1.807) is 44.4 Å². The molecule has 2 aromatic carbocycles. The van der Waals surface area contributed by atoms with Crippen molar-refractivity contribution in [2.24, 2.45) is 5.41 Å². The summed E-state index contributed by atoms with van der Waals surface area (Å²) in [6.07, 6.45) is 27.2. The molecule has 6 nitrogen and oxygen atoms in total.